The summed E-state index contributed by atoms with van der Waals surface area (Å²) in [7, 11) is 4.16. The van der Waals surface area contributed by atoms with Gasteiger partial charge in [-0.15, -0.1) is 0 Å². The zero-order chi connectivity index (χ0) is 20.2. The van der Waals surface area contributed by atoms with Gasteiger partial charge in [0.15, 0.2) is 0 Å². The molecule has 5 heteroatoms. The fourth-order valence-corrected chi connectivity index (χ4v) is 3.97. The lowest BCUT2D eigenvalue weighted by molar-refractivity contribution is -0.131. The molecule has 0 unspecified atom stereocenters. The topological polar surface area (TPSA) is 49.6 Å². The molecule has 1 fully saturated rings. The molecular weight excluding hydrogens is 362 g/mol. The maximum Gasteiger partial charge on any atom is 0.227 e. The van der Waals surface area contributed by atoms with E-state index in [1.54, 1.807) is 0 Å². The van der Waals surface area contributed by atoms with Gasteiger partial charge in [0.1, 0.15) is 5.58 Å². The molecule has 3 aromatic rings. The minimum Gasteiger partial charge on any atom is -0.464 e. The van der Waals surface area contributed by atoms with Crippen LogP contribution in [-0.2, 0) is 17.6 Å². The minimum atomic E-state index is 0.208. The number of hydrogen-bond donors (Lipinski definition) is 0. The van der Waals surface area contributed by atoms with Crippen molar-refractivity contribution >= 4 is 16.9 Å². The van der Waals surface area contributed by atoms with Crippen LogP contribution in [-0.4, -0.2) is 54.4 Å². The SMILES string of the molecule is CN(C)CCc1coc2ccc(-c3cncc(CC(=O)N4CCCCC4)c3)cc12. The van der Waals surface area contributed by atoms with Gasteiger partial charge in [-0.3, -0.25) is 9.78 Å². The van der Waals surface area contributed by atoms with Crippen LogP contribution in [0.1, 0.15) is 30.4 Å². The molecule has 4 rings (SSSR count). The van der Waals surface area contributed by atoms with Gasteiger partial charge in [-0.1, -0.05) is 6.07 Å². The molecule has 5 nitrogen and oxygen atoms in total. The zero-order valence-corrected chi connectivity index (χ0v) is 17.4. The van der Waals surface area contributed by atoms with Gasteiger partial charge < -0.3 is 14.2 Å². The van der Waals surface area contributed by atoms with Crippen molar-refractivity contribution < 1.29 is 9.21 Å². The molecule has 0 spiro atoms. The number of furan rings is 1. The molecule has 0 radical (unpaired) electrons. The number of amides is 1. The Morgan fingerprint density at radius 3 is 2.72 bits per heavy atom. The number of nitrogens with zero attached hydrogens (tertiary/aromatic N) is 3. The summed E-state index contributed by atoms with van der Waals surface area (Å²) in [6, 6.07) is 8.36. The molecule has 0 atom stereocenters. The number of carbonyl (C=O) groups excluding carboxylic acids is 1. The van der Waals surface area contributed by atoms with Gasteiger partial charge in [-0.25, -0.2) is 0 Å². The van der Waals surface area contributed by atoms with Crippen molar-refractivity contribution in [1.29, 1.82) is 0 Å². The fourth-order valence-electron chi connectivity index (χ4n) is 3.97. The Hall–Kier alpha value is -2.66. The smallest absolute Gasteiger partial charge is 0.227 e. The largest absolute Gasteiger partial charge is 0.464 e. The molecule has 1 saturated heterocycles. The minimum absolute atomic E-state index is 0.208. The molecule has 29 heavy (non-hydrogen) atoms. The van der Waals surface area contributed by atoms with Gasteiger partial charge >= 0.3 is 0 Å². The van der Waals surface area contributed by atoms with E-state index < -0.39 is 0 Å². The van der Waals surface area contributed by atoms with Gasteiger partial charge in [-0.2, -0.15) is 0 Å². The number of likely N-dealkylation sites (tertiary alicyclic amines) is 1. The second-order valence-corrected chi connectivity index (χ2v) is 8.23. The van der Waals surface area contributed by atoms with E-state index in [9.17, 15) is 4.79 Å². The van der Waals surface area contributed by atoms with Crippen molar-refractivity contribution in [2.45, 2.75) is 32.1 Å². The van der Waals surface area contributed by atoms with E-state index >= 15 is 0 Å². The highest BCUT2D eigenvalue weighted by Gasteiger charge is 2.17. The van der Waals surface area contributed by atoms with Gasteiger partial charge in [-0.05, 0) is 74.7 Å². The maximum absolute atomic E-state index is 12.6. The Bertz CT molecular complexity index is 987. The third kappa shape index (κ3) is 4.67. The monoisotopic (exact) mass is 391 g/mol. The summed E-state index contributed by atoms with van der Waals surface area (Å²) in [5.41, 5.74) is 5.24. The normalized spacial score (nSPS) is 14.7. The van der Waals surface area contributed by atoms with Crippen molar-refractivity contribution in [1.82, 2.24) is 14.8 Å². The number of benzene rings is 1. The molecule has 152 valence electrons. The van der Waals surface area contributed by atoms with Gasteiger partial charge in [0.05, 0.1) is 12.7 Å². The van der Waals surface area contributed by atoms with Gasteiger partial charge in [0.25, 0.3) is 0 Å². The summed E-state index contributed by atoms with van der Waals surface area (Å²) in [5.74, 6) is 0.208. The first-order valence-corrected chi connectivity index (χ1v) is 10.5. The predicted molar refractivity (Wildman–Crippen MR) is 116 cm³/mol. The molecule has 1 aromatic carbocycles. The lowest BCUT2D eigenvalue weighted by Crippen LogP contribution is -2.36. The number of rotatable bonds is 6. The van der Waals surface area contributed by atoms with Crippen LogP contribution >= 0.6 is 0 Å². The van der Waals surface area contributed by atoms with E-state index in [0.717, 1.165) is 66.6 Å². The van der Waals surface area contributed by atoms with E-state index in [1.165, 1.54) is 12.0 Å². The first-order chi connectivity index (χ1) is 14.1. The second-order valence-electron chi connectivity index (χ2n) is 8.23. The molecule has 3 heterocycles. The molecular formula is C24H29N3O2. The molecule has 1 aliphatic heterocycles. The van der Waals surface area contributed by atoms with Crippen LogP contribution in [0.4, 0.5) is 0 Å². The Balaban J connectivity index is 1.55. The van der Waals surface area contributed by atoms with E-state index in [4.69, 9.17) is 4.42 Å². The number of fused-ring (bicyclic) bond motifs is 1. The standard InChI is InChI=1S/C24H29N3O2/c1-26(2)11-8-20-17-29-23-7-6-19(14-22(20)23)21-12-18(15-25-16-21)13-24(28)27-9-4-3-5-10-27/h6-7,12,14-17H,3-5,8-11,13H2,1-2H3. The summed E-state index contributed by atoms with van der Waals surface area (Å²) in [6.07, 6.45) is 10.4. The third-order valence-electron chi connectivity index (χ3n) is 5.67. The number of hydrogen-bond acceptors (Lipinski definition) is 4. The predicted octanol–water partition coefficient (Wildman–Crippen LogP) is 4.15. The van der Waals surface area contributed by atoms with Gasteiger partial charge in [0, 0.05) is 43.0 Å². The van der Waals surface area contributed by atoms with E-state index in [1.807, 2.05) is 29.6 Å². The van der Waals surface area contributed by atoms with Crippen LogP contribution in [0, 0.1) is 0 Å². The quantitative estimate of drug-likeness (QED) is 0.633. The molecule has 0 N–H and O–H groups in total. The Morgan fingerprint density at radius 2 is 1.93 bits per heavy atom. The number of carbonyl (C=O) groups is 1. The summed E-state index contributed by atoms with van der Waals surface area (Å²) >= 11 is 0. The lowest BCUT2D eigenvalue weighted by Gasteiger charge is -2.26. The van der Waals surface area contributed by atoms with Crippen LogP contribution in [0.3, 0.4) is 0 Å². The van der Waals surface area contributed by atoms with E-state index in [0.29, 0.717) is 6.42 Å². The maximum atomic E-state index is 12.6. The summed E-state index contributed by atoms with van der Waals surface area (Å²) < 4.78 is 5.73. The Morgan fingerprint density at radius 1 is 1.10 bits per heavy atom. The molecule has 1 amide bonds. The summed E-state index contributed by atoms with van der Waals surface area (Å²) in [6.45, 7) is 2.76. The van der Waals surface area contributed by atoms with Crippen LogP contribution in [0.5, 0.6) is 0 Å². The number of piperidine rings is 1. The van der Waals surface area contributed by atoms with Gasteiger partial charge in [0.2, 0.25) is 5.91 Å². The molecule has 1 aliphatic rings. The average Bonchev–Trinajstić information content (AvgIpc) is 3.15. The van der Waals surface area contributed by atoms with Crippen LogP contribution in [0.2, 0.25) is 0 Å². The number of aromatic nitrogens is 1. The van der Waals surface area contributed by atoms with Crippen molar-refractivity contribution in [3.8, 4) is 11.1 Å². The fraction of sp³-hybridized carbons (Fsp3) is 0.417. The Kier molecular flexibility index (Phi) is 5.95. The number of likely N-dealkylation sites (N-methyl/N-ethyl adjacent to an activating group) is 1. The molecule has 0 aliphatic carbocycles. The highest BCUT2D eigenvalue weighted by Crippen LogP contribution is 2.28. The summed E-state index contributed by atoms with van der Waals surface area (Å²) in [4.78, 5) is 21.2. The van der Waals surface area contributed by atoms with Crippen LogP contribution in [0.25, 0.3) is 22.1 Å². The highest BCUT2D eigenvalue weighted by atomic mass is 16.3. The van der Waals surface area contributed by atoms with Crippen molar-refractivity contribution in [2.75, 3.05) is 33.7 Å². The van der Waals surface area contributed by atoms with E-state index in [2.05, 4.69) is 42.2 Å². The molecule has 2 aromatic heterocycles. The molecule has 0 saturated carbocycles. The highest BCUT2D eigenvalue weighted by molar-refractivity contribution is 5.86. The summed E-state index contributed by atoms with van der Waals surface area (Å²) in [5, 5.41) is 1.15. The van der Waals surface area contributed by atoms with Crippen molar-refractivity contribution in [2.24, 2.45) is 0 Å². The third-order valence-corrected chi connectivity index (χ3v) is 5.67. The Labute approximate surface area is 172 Å². The average molecular weight is 392 g/mol. The zero-order valence-electron chi connectivity index (χ0n) is 17.4. The lowest BCUT2D eigenvalue weighted by atomic mass is 10.0. The first kappa shape index (κ1) is 19.6. The van der Waals surface area contributed by atoms with Crippen LogP contribution < -0.4 is 0 Å². The first-order valence-electron chi connectivity index (χ1n) is 10.5. The second kappa shape index (κ2) is 8.78. The van der Waals surface area contributed by atoms with Crippen molar-refractivity contribution in [3.05, 3.63) is 54.0 Å². The number of pyridine rings is 1. The molecule has 0 bridgehead atoms. The van der Waals surface area contributed by atoms with E-state index in [-0.39, 0.29) is 5.91 Å². The van der Waals surface area contributed by atoms with Crippen molar-refractivity contribution in [3.63, 3.8) is 0 Å². The van der Waals surface area contributed by atoms with Crippen LogP contribution in [0.15, 0.2) is 47.3 Å².